The van der Waals surface area contributed by atoms with Gasteiger partial charge in [0, 0.05) is 31.0 Å². The third-order valence-electron chi connectivity index (χ3n) is 3.15. The standard InChI is InChI=1S/C13H26N4/c1-11(2)9-15-12-14-7-8-17(12)10-13(3,4)16(5)6/h7-8,11H,9-10H2,1-6H3,(H,14,15). The fourth-order valence-electron chi connectivity index (χ4n) is 1.46. The van der Waals surface area contributed by atoms with E-state index < -0.39 is 0 Å². The first kappa shape index (κ1) is 14.0. The van der Waals surface area contributed by atoms with Gasteiger partial charge in [0.05, 0.1) is 0 Å². The van der Waals surface area contributed by atoms with E-state index in [0.717, 1.165) is 19.0 Å². The summed E-state index contributed by atoms with van der Waals surface area (Å²) in [7, 11) is 4.22. The van der Waals surface area contributed by atoms with Gasteiger partial charge in [0.2, 0.25) is 5.95 Å². The van der Waals surface area contributed by atoms with E-state index in [2.05, 4.69) is 61.6 Å². The molecule has 0 atom stereocenters. The first-order chi connectivity index (χ1) is 7.83. The maximum atomic E-state index is 4.36. The lowest BCUT2D eigenvalue weighted by atomic mass is 10.0. The van der Waals surface area contributed by atoms with Crippen LogP contribution in [0.5, 0.6) is 0 Å². The molecular weight excluding hydrogens is 212 g/mol. The number of nitrogens with zero attached hydrogens (tertiary/aromatic N) is 3. The first-order valence-electron chi connectivity index (χ1n) is 6.25. The van der Waals surface area contributed by atoms with E-state index >= 15 is 0 Å². The van der Waals surface area contributed by atoms with Crippen molar-refractivity contribution < 1.29 is 0 Å². The van der Waals surface area contributed by atoms with Gasteiger partial charge in [0.25, 0.3) is 0 Å². The maximum absolute atomic E-state index is 4.36. The van der Waals surface area contributed by atoms with Crippen LogP contribution in [0.2, 0.25) is 0 Å². The zero-order valence-electron chi connectivity index (χ0n) is 12.0. The van der Waals surface area contributed by atoms with Gasteiger partial charge in [0.15, 0.2) is 0 Å². The van der Waals surface area contributed by atoms with Gasteiger partial charge in [-0.1, -0.05) is 13.8 Å². The molecule has 0 bridgehead atoms. The molecule has 17 heavy (non-hydrogen) atoms. The van der Waals surface area contributed by atoms with Crippen LogP contribution in [-0.4, -0.2) is 40.6 Å². The van der Waals surface area contributed by atoms with E-state index in [1.807, 2.05) is 12.4 Å². The molecule has 4 nitrogen and oxygen atoms in total. The van der Waals surface area contributed by atoms with Crippen molar-refractivity contribution in [2.45, 2.75) is 39.8 Å². The maximum Gasteiger partial charge on any atom is 0.202 e. The average Bonchev–Trinajstić information content (AvgIpc) is 2.61. The molecule has 0 aromatic carbocycles. The highest BCUT2D eigenvalue weighted by molar-refractivity contribution is 5.26. The fourth-order valence-corrected chi connectivity index (χ4v) is 1.46. The second-order valence-corrected chi connectivity index (χ2v) is 5.86. The Kier molecular flexibility index (Phi) is 4.57. The summed E-state index contributed by atoms with van der Waals surface area (Å²) in [4.78, 5) is 6.60. The lowest BCUT2D eigenvalue weighted by molar-refractivity contribution is 0.170. The van der Waals surface area contributed by atoms with Gasteiger partial charge in [-0.3, -0.25) is 0 Å². The highest BCUT2D eigenvalue weighted by Gasteiger charge is 2.22. The van der Waals surface area contributed by atoms with E-state index in [-0.39, 0.29) is 5.54 Å². The summed E-state index contributed by atoms with van der Waals surface area (Å²) < 4.78 is 2.18. The number of hydrogen-bond donors (Lipinski definition) is 1. The molecule has 0 saturated carbocycles. The van der Waals surface area contributed by atoms with Crippen molar-refractivity contribution in [3.63, 3.8) is 0 Å². The van der Waals surface area contributed by atoms with Gasteiger partial charge < -0.3 is 14.8 Å². The summed E-state index contributed by atoms with van der Waals surface area (Å²) in [5.74, 6) is 1.59. The van der Waals surface area contributed by atoms with Gasteiger partial charge in [-0.15, -0.1) is 0 Å². The zero-order chi connectivity index (χ0) is 13.1. The highest BCUT2D eigenvalue weighted by atomic mass is 15.2. The van der Waals surface area contributed by atoms with Crippen LogP contribution < -0.4 is 5.32 Å². The van der Waals surface area contributed by atoms with Crippen molar-refractivity contribution in [1.82, 2.24) is 14.5 Å². The Morgan fingerprint density at radius 1 is 1.41 bits per heavy atom. The quantitative estimate of drug-likeness (QED) is 0.825. The van der Waals surface area contributed by atoms with E-state index in [1.54, 1.807) is 0 Å². The van der Waals surface area contributed by atoms with Crippen LogP contribution in [-0.2, 0) is 6.54 Å². The van der Waals surface area contributed by atoms with Gasteiger partial charge >= 0.3 is 0 Å². The zero-order valence-corrected chi connectivity index (χ0v) is 12.0. The van der Waals surface area contributed by atoms with Gasteiger partial charge in [0.1, 0.15) is 0 Å². The largest absolute Gasteiger partial charge is 0.355 e. The molecule has 0 spiro atoms. The van der Waals surface area contributed by atoms with Crippen LogP contribution >= 0.6 is 0 Å². The lowest BCUT2D eigenvalue weighted by Crippen LogP contribution is -2.42. The number of aromatic nitrogens is 2. The SMILES string of the molecule is CC(C)CNc1nccn1CC(C)(C)N(C)C. The van der Waals surface area contributed by atoms with Crippen LogP contribution in [0.3, 0.4) is 0 Å². The smallest absolute Gasteiger partial charge is 0.202 e. The van der Waals surface area contributed by atoms with Crippen LogP contribution in [0.15, 0.2) is 12.4 Å². The Balaban J connectivity index is 2.69. The van der Waals surface area contributed by atoms with Crippen molar-refractivity contribution in [2.24, 2.45) is 5.92 Å². The molecule has 1 rings (SSSR count). The Hall–Kier alpha value is -1.03. The fraction of sp³-hybridized carbons (Fsp3) is 0.769. The molecule has 1 N–H and O–H groups in total. The summed E-state index contributed by atoms with van der Waals surface area (Å²) in [6.45, 7) is 10.8. The number of hydrogen-bond acceptors (Lipinski definition) is 3. The van der Waals surface area contributed by atoms with Crippen LogP contribution in [0.25, 0.3) is 0 Å². The molecular formula is C13H26N4. The Morgan fingerprint density at radius 3 is 2.59 bits per heavy atom. The summed E-state index contributed by atoms with van der Waals surface area (Å²) in [5.41, 5.74) is 0.120. The third kappa shape index (κ3) is 4.04. The molecule has 0 amide bonds. The molecule has 1 heterocycles. The number of imidazole rings is 1. The van der Waals surface area contributed by atoms with Crippen LogP contribution in [0.1, 0.15) is 27.7 Å². The Morgan fingerprint density at radius 2 is 2.06 bits per heavy atom. The highest BCUT2D eigenvalue weighted by Crippen LogP contribution is 2.16. The van der Waals surface area contributed by atoms with Crippen LogP contribution in [0, 0.1) is 5.92 Å². The van der Waals surface area contributed by atoms with E-state index in [4.69, 9.17) is 0 Å². The normalized spacial score (nSPS) is 12.5. The Labute approximate surface area is 105 Å². The molecule has 0 radical (unpaired) electrons. The minimum Gasteiger partial charge on any atom is -0.355 e. The molecule has 0 unspecified atom stereocenters. The molecule has 0 aliphatic rings. The monoisotopic (exact) mass is 238 g/mol. The second kappa shape index (κ2) is 5.54. The number of anilines is 1. The van der Waals surface area contributed by atoms with Gasteiger partial charge in [-0.2, -0.15) is 0 Å². The van der Waals surface area contributed by atoms with Gasteiger partial charge in [-0.25, -0.2) is 4.98 Å². The molecule has 1 aromatic rings. The number of likely N-dealkylation sites (N-methyl/N-ethyl adjacent to an activating group) is 1. The minimum atomic E-state index is 0.120. The molecule has 0 aliphatic heterocycles. The van der Waals surface area contributed by atoms with Crippen molar-refractivity contribution in [3.8, 4) is 0 Å². The second-order valence-electron chi connectivity index (χ2n) is 5.86. The van der Waals surface area contributed by atoms with E-state index in [1.165, 1.54) is 0 Å². The molecule has 1 aromatic heterocycles. The predicted molar refractivity (Wildman–Crippen MR) is 73.3 cm³/mol. The van der Waals surface area contributed by atoms with E-state index in [9.17, 15) is 0 Å². The number of nitrogens with one attached hydrogen (secondary N) is 1. The molecule has 0 aliphatic carbocycles. The molecule has 98 valence electrons. The number of rotatable bonds is 6. The molecule has 0 fully saturated rings. The third-order valence-corrected chi connectivity index (χ3v) is 3.15. The van der Waals surface area contributed by atoms with Crippen molar-refractivity contribution in [1.29, 1.82) is 0 Å². The molecule has 4 heteroatoms. The first-order valence-corrected chi connectivity index (χ1v) is 6.25. The topological polar surface area (TPSA) is 33.1 Å². The molecule has 0 saturated heterocycles. The summed E-state index contributed by atoms with van der Waals surface area (Å²) in [6, 6.07) is 0. The average molecular weight is 238 g/mol. The van der Waals surface area contributed by atoms with Crippen molar-refractivity contribution >= 4 is 5.95 Å². The Bertz CT molecular complexity index is 339. The van der Waals surface area contributed by atoms with Crippen molar-refractivity contribution in [3.05, 3.63) is 12.4 Å². The minimum absolute atomic E-state index is 0.120. The summed E-state index contributed by atoms with van der Waals surface area (Å²) in [6.07, 6.45) is 3.89. The predicted octanol–water partition coefficient (Wildman–Crippen LogP) is 2.29. The van der Waals surface area contributed by atoms with Gasteiger partial charge in [-0.05, 0) is 33.9 Å². The van der Waals surface area contributed by atoms with E-state index in [0.29, 0.717) is 5.92 Å². The summed E-state index contributed by atoms with van der Waals surface area (Å²) in [5, 5.41) is 3.39. The van der Waals surface area contributed by atoms with Crippen LogP contribution in [0.4, 0.5) is 5.95 Å². The lowest BCUT2D eigenvalue weighted by Gasteiger charge is -2.33. The summed E-state index contributed by atoms with van der Waals surface area (Å²) >= 11 is 0. The van der Waals surface area contributed by atoms with Crippen molar-refractivity contribution in [2.75, 3.05) is 26.0 Å².